The lowest BCUT2D eigenvalue weighted by Gasteiger charge is -2.21. The molecular weight excluding hydrogens is 392 g/mol. The molecule has 0 radical (unpaired) electrons. The van der Waals surface area contributed by atoms with E-state index in [1.165, 1.54) is 0 Å². The molecule has 8 nitrogen and oxygen atoms in total. The molecule has 0 aliphatic carbocycles. The number of carbonyl (C=O) groups is 1. The number of aryl methyl sites for hydroxylation is 2. The molecular formula is C23H24N6O2. The summed E-state index contributed by atoms with van der Waals surface area (Å²) in [4.78, 5) is 17.6. The predicted octanol–water partition coefficient (Wildman–Crippen LogP) is 3.05. The van der Waals surface area contributed by atoms with Gasteiger partial charge in [-0.05, 0) is 25.1 Å². The molecule has 0 spiro atoms. The third kappa shape index (κ3) is 3.92. The standard InChI is InChI=1S/C23H24N6O2/c1-15-26-27-21(29(15)3)16-9-11-17(12-10-16)23(30)25-20(22-24-13-14-28(22)2)18-7-5-6-8-19(18)31-4/h5-14,20H,1-4H3,(H,25,30)/t20-/m1/s1. The summed E-state index contributed by atoms with van der Waals surface area (Å²) in [6.07, 6.45) is 3.56. The van der Waals surface area contributed by atoms with Crippen LogP contribution < -0.4 is 10.1 Å². The van der Waals surface area contributed by atoms with E-state index >= 15 is 0 Å². The fourth-order valence-electron chi connectivity index (χ4n) is 3.49. The van der Waals surface area contributed by atoms with Crippen LogP contribution in [0.4, 0.5) is 0 Å². The number of rotatable bonds is 6. The van der Waals surface area contributed by atoms with Crippen molar-refractivity contribution in [3.8, 4) is 17.1 Å². The first-order valence-corrected chi connectivity index (χ1v) is 9.87. The van der Waals surface area contributed by atoms with Crippen molar-refractivity contribution in [2.75, 3.05) is 7.11 Å². The average molecular weight is 416 g/mol. The zero-order chi connectivity index (χ0) is 22.0. The van der Waals surface area contributed by atoms with Gasteiger partial charge in [-0.2, -0.15) is 0 Å². The number of aromatic nitrogens is 5. The Hall–Kier alpha value is -3.94. The van der Waals surface area contributed by atoms with E-state index in [1.807, 2.05) is 72.7 Å². The van der Waals surface area contributed by atoms with E-state index in [1.54, 1.807) is 25.4 Å². The molecule has 158 valence electrons. The Morgan fingerprint density at radius 3 is 2.42 bits per heavy atom. The van der Waals surface area contributed by atoms with Gasteiger partial charge in [-0.1, -0.05) is 30.3 Å². The first-order chi connectivity index (χ1) is 15.0. The van der Waals surface area contributed by atoms with E-state index in [9.17, 15) is 4.79 Å². The molecule has 0 saturated carbocycles. The molecule has 31 heavy (non-hydrogen) atoms. The molecule has 1 N–H and O–H groups in total. The van der Waals surface area contributed by atoms with E-state index in [-0.39, 0.29) is 5.91 Å². The number of hydrogen-bond donors (Lipinski definition) is 1. The molecule has 0 fully saturated rings. The molecule has 4 rings (SSSR count). The second-order valence-corrected chi connectivity index (χ2v) is 7.25. The third-order valence-corrected chi connectivity index (χ3v) is 5.34. The van der Waals surface area contributed by atoms with Crippen LogP contribution in [0.3, 0.4) is 0 Å². The highest BCUT2D eigenvalue weighted by atomic mass is 16.5. The van der Waals surface area contributed by atoms with E-state index in [0.29, 0.717) is 17.1 Å². The van der Waals surface area contributed by atoms with Crippen molar-refractivity contribution < 1.29 is 9.53 Å². The molecule has 1 amide bonds. The highest BCUT2D eigenvalue weighted by molar-refractivity contribution is 5.95. The largest absolute Gasteiger partial charge is 0.496 e. The van der Waals surface area contributed by atoms with Crippen LogP contribution in [-0.4, -0.2) is 37.3 Å². The van der Waals surface area contributed by atoms with Crippen molar-refractivity contribution in [2.24, 2.45) is 14.1 Å². The number of hydrogen-bond acceptors (Lipinski definition) is 5. The van der Waals surface area contributed by atoms with Gasteiger partial charge in [0.2, 0.25) is 0 Å². The lowest BCUT2D eigenvalue weighted by molar-refractivity contribution is 0.0941. The Balaban J connectivity index is 1.64. The topological polar surface area (TPSA) is 86.9 Å². The second kappa shape index (κ2) is 8.43. The second-order valence-electron chi connectivity index (χ2n) is 7.25. The number of carbonyl (C=O) groups excluding carboxylic acids is 1. The van der Waals surface area contributed by atoms with Crippen LogP contribution in [0.1, 0.15) is 33.6 Å². The fourth-order valence-corrected chi connectivity index (χ4v) is 3.49. The van der Waals surface area contributed by atoms with Crippen LogP contribution in [-0.2, 0) is 14.1 Å². The summed E-state index contributed by atoms with van der Waals surface area (Å²) >= 11 is 0. The van der Waals surface area contributed by atoms with E-state index in [4.69, 9.17) is 4.74 Å². The molecule has 8 heteroatoms. The molecule has 2 heterocycles. The fraction of sp³-hybridized carbons (Fsp3) is 0.217. The van der Waals surface area contributed by atoms with Gasteiger partial charge in [-0.15, -0.1) is 10.2 Å². The average Bonchev–Trinajstić information content (AvgIpc) is 3.37. The maximum Gasteiger partial charge on any atom is 0.252 e. The molecule has 0 aliphatic rings. The smallest absolute Gasteiger partial charge is 0.252 e. The van der Waals surface area contributed by atoms with Crippen LogP contribution in [0.2, 0.25) is 0 Å². The highest BCUT2D eigenvalue weighted by Crippen LogP contribution is 2.29. The van der Waals surface area contributed by atoms with Crippen molar-refractivity contribution in [3.63, 3.8) is 0 Å². The molecule has 2 aromatic heterocycles. The Morgan fingerprint density at radius 2 is 1.81 bits per heavy atom. The quantitative estimate of drug-likeness (QED) is 0.522. The summed E-state index contributed by atoms with van der Waals surface area (Å²) in [5, 5.41) is 11.4. The Labute approximate surface area is 180 Å². The SMILES string of the molecule is COc1ccccc1[C@@H](NC(=O)c1ccc(-c2nnc(C)n2C)cc1)c1nccn1C. The Morgan fingerprint density at radius 1 is 1.06 bits per heavy atom. The summed E-state index contributed by atoms with van der Waals surface area (Å²) in [5.41, 5.74) is 2.26. The van der Waals surface area contributed by atoms with Gasteiger partial charge in [-0.3, -0.25) is 4.79 Å². The van der Waals surface area contributed by atoms with E-state index < -0.39 is 6.04 Å². The normalized spacial score (nSPS) is 11.9. The first-order valence-electron chi connectivity index (χ1n) is 9.87. The monoisotopic (exact) mass is 416 g/mol. The molecule has 2 aromatic carbocycles. The zero-order valence-electron chi connectivity index (χ0n) is 17.9. The van der Waals surface area contributed by atoms with Gasteiger partial charge >= 0.3 is 0 Å². The van der Waals surface area contributed by atoms with Crippen molar-refractivity contribution in [3.05, 3.63) is 83.7 Å². The van der Waals surface area contributed by atoms with Crippen LogP contribution in [0.15, 0.2) is 60.9 Å². The van der Waals surface area contributed by atoms with Gasteiger partial charge in [0.15, 0.2) is 5.82 Å². The van der Waals surface area contributed by atoms with Gasteiger partial charge < -0.3 is 19.2 Å². The van der Waals surface area contributed by atoms with E-state index in [2.05, 4.69) is 20.5 Å². The first kappa shape index (κ1) is 20.3. The molecule has 4 aromatic rings. The summed E-state index contributed by atoms with van der Waals surface area (Å²) in [6.45, 7) is 1.90. The van der Waals surface area contributed by atoms with Gasteiger partial charge in [0, 0.05) is 43.2 Å². The third-order valence-electron chi connectivity index (χ3n) is 5.34. The van der Waals surface area contributed by atoms with Crippen molar-refractivity contribution in [1.29, 1.82) is 0 Å². The van der Waals surface area contributed by atoms with Gasteiger partial charge in [0.1, 0.15) is 23.4 Å². The van der Waals surface area contributed by atoms with Gasteiger partial charge in [0.05, 0.1) is 7.11 Å². The number of methoxy groups -OCH3 is 1. The molecule has 0 bridgehead atoms. The number of para-hydroxylation sites is 1. The summed E-state index contributed by atoms with van der Waals surface area (Å²) in [7, 11) is 5.42. The summed E-state index contributed by atoms with van der Waals surface area (Å²) in [5.74, 6) is 2.77. The van der Waals surface area contributed by atoms with Gasteiger partial charge in [-0.25, -0.2) is 4.98 Å². The Bertz CT molecular complexity index is 1210. The summed E-state index contributed by atoms with van der Waals surface area (Å²) in [6, 6.07) is 14.5. The molecule has 0 unspecified atom stereocenters. The maximum atomic E-state index is 13.1. The number of ether oxygens (including phenoxy) is 1. The highest BCUT2D eigenvalue weighted by Gasteiger charge is 2.24. The predicted molar refractivity (Wildman–Crippen MR) is 117 cm³/mol. The number of nitrogens with one attached hydrogen (secondary N) is 1. The van der Waals surface area contributed by atoms with Crippen molar-refractivity contribution >= 4 is 5.91 Å². The zero-order valence-corrected chi connectivity index (χ0v) is 17.9. The molecule has 0 aliphatic heterocycles. The number of amides is 1. The van der Waals surface area contributed by atoms with Crippen molar-refractivity contribution in [1.82, 2.24) is 29.6 Å². The van der Waals surface area contributed by atoms with Crippen LogP contribution in [0.5, 0.6) is 5.75 Å². The summed E-state index contributed by atoms with van der Waals surface area (Å²) < 4.78 is 9.32. The number of benzene rings is 2. The van der Waals surface area contributed by atoms with Crippen LogP contribution >= 0.6 is 0 Å². The minimum Gasteiger partial charge on any atom is -0.496 e. The number of imidazole rings is 1. The van der Waals surface area contributed by atoms with Crippen LogP contribution in [0.25, 0.3) is 11.4 Å². The lowest BCUT2D eigenvalue weighted by Crippen LogP contribution is -2.31. The number of nitrogens with zero attached hydrogens (tertiary/aromatic N) is 5. The molecule has 0 saturated heterocycles. The van der Waals surface area contributed by atoms with Crippen LogP contribution in [0, 0.1) is 6.92 Å². The minimum atomic E-state index is -0.468. The Kier molecular flexibility index (Phi) is 5.53. The van der Waals surface area contributed by atoms with Gasteiger partial charge in [0.25, 0.3) is 5.91 Å². The lowest BCUT2D eigenvalue weighted by atomic mass is 10.0. The van der Waals surface area contributed by atoms with E-state index in [0.717, 1.165) is 22.8 Å². The molecule has 1 atom stereocenters. The minimum absolute atomic E-state index is 0.209. The maximum absolute atomic E-state index is 13.1. The van der Waals surface area contributed by atoms with Crippen molar-refractivity contribution in [2.45, 2.75) is 13.0 Å².